The summed E-state index contributed by atoms with van der Waals surface area (Å²) in [4.78, 5) is 11.7. The van der Waals surface area contributed by atoms with Crippen LogP contribution < -0.4 is 0 Å². The van der Waals surface area contributed by atoms with Crippen molar-refractivity contribution in [1.29, 1.82) is 0 Å². The molecule has 0 aromatic heterocycles. The van der Waals surface area contributed by atoms with Crippen LogP contribution in [0, 0.1) is 0 Å². The van der Waals surface area contributed by atoms with E-state index >= 15 is 0 Å². The standard InChI is InChI=1S/C12H21O3.3C4H9.Sn/c1-3-7-11(13)8-5-6-9-12(14)15-10-4-2;3*1-3-4-2;/h3,11H,1,4-10H2,2H3;3*1,3-4H2,2H3;/q-1;;;;+1. The molecule has 0 saturated carbocycles. The van der Waals surface area contributed by atoms with E-state index in [-0.39, 0.29) is 5.97 Å². The number of carbonyl (C=O) groups is 1. The molecule has 0 aliphatic heterocycles. The number of carbonyl (C=O) groups excluding carboxylic acids is 1. The first kappa shape index (κ1) is 28.0. The normalized spacial score (nSPS) is 12.7. The Kier molecular flexibility index (Phi) is 18.9. The van der Waals surface area contributed by atoms with E-state index in [1.807, 2.05) is 13.0 Å². The van der Waals surface area contributed by atoms with Crippen molar-refractivity contribution in [3.63, 3.8) is 0 Å². The van der Waals surface area contributed by atoms with Crippen LogP contribution in [0.25, 0.3) is 0 Å². The molecule has 3 nitrogen and oxygen atoms in total. The van der Waals surface area contributed by atoms with Gasteiger partial charge in [-0.2, -0.15) is 0 Å². The SMILES string of the molecule is C=CCC(CCCCC(=O)OCCC)[O][Sn]([CH2]CCC)([CH2]CCC)[CH2]CCC. The van der Waals surface area contributed by atoms with Gasteiger partial charge in [-0.25, -0.2) is 0 Å². The maximum absolute atomic E-state index is 11.7. The molecule has 0 amide bonds. The summed E-state index contributed by atoms with van der Waals surface area (Å²) in [6, 6.07) is 0. The van der Waals surface area contributed by atoms with Gasteiger partial charge in [0, 0.05) is 0 Å². The Balaban J connectivity index is 4.79. The number of esters is 1. The van der Waals surface area contributed by atoms with Crippen molar-refractivity contribution >= 4 is 24.8 Å². The molecule has 0 aromatic carbocycles. The molecule has 28 heavy (non-hydrogen) atoms. The zero-order valence-corrected chi connectivity index (χ0v) is 22.3. The first-order valence-electron chi connectivity index (χ1n) is 12.0. The molecular weight excluding hydrogens is 455 g/mol. The van der Waals surface area contributed by atoms with Crippen molar-refractivity contribution in [2.24, 2.45) is 0 Å². The number of hydrogen-bond acceptors (Lipinski definition) is 3. The number of ether oxygens (including phenoxy) is 1. The summed E-state index contributed by atoms with van der Waals surface area (Å²) in [7, 11) is 0. The molecule has 0 rings (SSSR count). The van der Waals surface area contributed by atoms with Gasteiger partial charge in [0.1, 0.15) is 0 Å². The van der Waals surface area contributed by atoms with Crippen LogP contribution in [0.5, 0.6) is 0 Å². The maximum atomic E-state index is 11.7. The molecule has 4 heteroatoms. The van der Waals surface area contributed by atoms with Crippen LogP contribution in [0.4, 0.5) is 0 Å². The fourth-order valence-electron chi connectivity index (χ4n) is 3.74. The molecule has 0 aliphatic carbocycles. The average Bonchev–Trinajstić information content (AvgIpc) is 2.70. The van der Waals surface area contributed by atoms with Crippen molar-refractivity contribution in [2.75, 3.05) is 6.61 Å². The van der Waals surface area contributed by atoms with Gasteiger partial charge in [-0.3, -0.25) is 0 Å². The van der Waals surface area contributed by atoms with E-state index in [0.717, 1.165) is 32.1 Å². The van der Waals surface area contributed by atoms with Crippen molar-refractivity contribution in [3.05, 3.63) is 12.7 Å². The second-order valence-corrected chi connectivity index (χ2v) is 19.9. The number of unbranched alkanes of at least 4 members (excludes halogenated alkanes) is 4. The van der Waals surface area contributed by atoms with Gasteiger partial charge in [0.25, 0.3) is 0 Å². The van der Waals surface area contributed by atoms with Crippen LogP contribution >= 0.6 is 0 Å². The van der Waals surface area contributed by atoms with Crippen molar-refractivity contribution in [3.8, 4) is 0 Å². The van der Waals surface area contributed by atoms with Crippen LogP contribution in [-0.2, 0) is 12.6 Å². The van der Waals surface area contributed by atoms with Gasteiger partial charge >= 0.3 is 181 Å². The zero-order valence-electron chi connectivity index (χ0n) is 19.4. The summed E-state index contributed by atoms with van der Waals surface area (Å²) in [6.45, 7) is 13.5. The molecule has 0 aromatic rings. The van der Waals surface area contributed by atoms with Gasteiger partial charge < -0.3 is 0 Å². The van der Waals surface area contributed by atoms with E-state index in [1.165, 1.54) is 51.8 Å². The molecule has 1 unspecified atom stereocenters. The third kappa shape index (κ3) is 14.0. The molecule has 0 fully saturated rings. The summed E-state index contributed by atoms with van der Waals surface area (Å²) in [5, 5.41) is 0. The first-order chi connectivity index (χ1) is 13.6. The molecular formula is C24H48O3Sn. The molecule has 0 radical (unpaired) electrons. The molecule has 0 N–H and O–H groups in total. The van der Waals surface area contributed by atoms with Crippen molar-refractivity contribution in [1.82, 2.24) is 0 Å². The minimum atomic E-state index is -2.58. The molecule has 1 atom stereocenters. The first-order valence-corrected chi connectivity index (χ1v) is 19.2. The summed E-state index contributed by atoms with van der Waals surface area (Å²) in [5.41, 5.74) is 0. The van der Waals surface area contributed by atoms with Gasteiger partial charge in [0.05, 0.1) is 0 Å². The quantitative estimate of drug-likeness (QED) is 0.0736. The van der Waals surface area contributed by atoms with Crippen LogP contribution in [-0.4, -0.2) is 37.5 Å². The molecule has 0 heterocycles. The summed E-state index contributed by atoms with van der Waals surface area (Å²) >= 11 is -2.58. The molecule has 0 aliphatic rings. The monoisotopic (exact) mass is 504 g/mol. The van der Waals surface area contributed by atoms with E-state index in [4.69, 9.17) is 7.81 Å². The minimum absolute atomic E-state index is 0.0506. The summed E-state index contributed by atoms with van der Waals surface area (Å²) in [5.74, 6) is -0.0506. The van der Waals surface area contributed by atoms with Crippen LogP contribution in [0.3, 0.4) is 0 Å². The van der Waals surface area contributed by atoms with E-state index in [2.05, 4.69) is 27.4 Å². The third-order valence-electron chi connectivity index (χ3n) is 5.43. The Morgan fingerprint density at radius 2 is 1.46 bits per heavy atom. The average molecular weight is 503 g/mol. The molecule has 0 spiro atoms. The van der Waals surface area contributed by atoms with Crippen molar-refractivity contribution in [2.45, 2.75) is 124 Å². The van der Waals surface area contributed by atoms with E-state index < -0.39 is 18.8 Å². The Bertz CT molecular complexity index is 362. The van der Waals surface area contributed by atoms with E-state index in [1.54, 1.807) is 0 Å². The predicted octanol–water partition coefficient (Wildman–Crippen LogP) is 7.81. The van der Waals surface area contributed by atoms with Crippen LogP contribution in [0.15, 0.2) is 12.7 Å². The second-order valence-electron chi connectivity index (χ2n) is 8.22. The van der Waals surface area contributed by atoms with Gasteiger partial charge in [-0.15, -0.1) is 0 Å². The summed E-state index contributed by atoms with van der Waals surface area (Å²) in [6.07, 6.45) is 15.5. The van der Waals surface area contributed by atoms with Gasteiger partial charge in [0.15, 0.2) is 0 Å². The number of hydrogen-bond donors (Lipinski definition) is 0. The second kappa shape index (κ2) is 19.0. The molecule has 0 saturated heterocycles. The number of rotatable bonds is 20. The van der Waals surface area contributed by atoms with E-state index in [0.29, 0.717) is 19.1 Å². The fourth-order valence-corrected chi connectivity index (χ4v) is 18.1. The predicted molar refractivity (Wildman–Crippen MR) is 124 cm³/mol. The zero-order chi connectivity index (χ0) is 21.1. The molecule has 0 bridgehead atoms. The Labute approximate surface area is 180 Å². The van der Waals surface area contributed by atoms with Crippen LogP contribution in [0.2, 0.25) is 13.3 Å². The van der Waals surface area contributed by atoms with E-state index in [9.17, 15) is 4.79 Å². The fraction of sp³-hybridized carbons (Fsp3) is 0.875. The summed E-state index contributed by atoms with van der Waals surface area (Å²) < 4.78 is 16.4. The Morgan fingerprint density at radius 1 is 0.893 bits per heavy atom. The van der Waals surface area contributed by atoms with Crippen molar-refractivity contribution < 1.29 is 12.6 Å². The van der Waals surface area contributed by atoms with Gasteiger partial charge in [-0.1, -0.05) is 0 Å². The topological polar surface area (TPSA) is 35.5 Å². The Morgan fingerprint density at radius 3 is 1.93 bits per heavy atom. The van der Waals surface area contributed by atoms with Gasteiger partial charge in [0.2, 0.25) is 0 Å². The van der Waals surface area contributed by atoms with Gasteiger partial charge in [-0.05, 0) is 0 Å². The Hall–Kier alpha value is -0.0313. The molecule has 166 valence electrons. The van der Waals surface area contributed by atoms with Crippen LogP contribution in [0.1, 0.15) is 105 Å². The third-order valence-corrected chi connectivity index (χ3v) is 18.6.